The average Bonchev–Trinajstić information content (AvgIpc) is 2.77. The first kappa shape index (κ1) is 21.3. The number of carbonyl (C=O) groups is 2. The Bertz CT molecular complexity index is 971. The fourth-order valence-electron chi connectivity index (χ4n) is 3.60. The van der Waals surface area contributed by atoms with Crippen LogP contribution in [0.5, 0.6) is 0 Å². The van der Waals surface area contributed by atoms with Crippen LogP contribution in [0.2, 0.25) is 0 Å². The lowest BCUT2D eigenvalue weighted by Crippen LogP contribution is -2.50. The minimum absolute atomic E-state index is 0.0611. The van der Waals surface area contributed by atoms with E-state index in [1.54, 1.807) is 11.9 Å². The fourth-order valence-corrected chi connectivity index (χ4v) is 3.60. The minimum atomic E-state index is -0.588. The normalized spacial score (nSPS) is 11.5. The predicted molar refractivity (Wildman–Crippen MR) is 120 cm³/mol. The number of aryl methyl sites for hydroxylation is 1. The molecule has 1 atom stereocenters. The zero-order valence-electron chi connectivity index (χ0n) is 17.5. The van der Waals surface area contributed by atoms with Gasteiger partial charge in [0.1, 0.15) is 6.04 Å². The van der Waals surface area contributed by atoms with Crippen LogP contribution in [-0.2, 0) is 29.0 Å². The van der Waals surface area contributed by atoms with Crippen molar-refractivity contribution < 1.29 is 9.59 Å². The molecule has 0 spiro atoms. The van der Waals surface area contributed by atoms with Crippen molar-refractivity contribution in [2.45, 2.75) is 32.4 Å². The summed E-state index contributed by atoms with van der Waals surface area (Å²) in [5.41, 5.74) is 4.08. The van der Waals surface area contributed by atoms with Gasteiger partial charge in [-0.05, 0) is 23.6 Å². The highest BCUT2D eigenvalue weighted by atomic mass is 16.2. The number of carbonyl (C=O) groups excluding carboxylic acids is 2. The van der Waals surface area contributed by atoms with E-state index in [0.717, 1.165) is 22.3 Å². The Kier molecular flexibility index (Phi) is 7.39. The molecule has 0 saturated heterocycles. The number of nitrogens with one attached hydrogen (secondary N) is 1. The predicted octanol–water partition coefficient (Wildman–Crippen LogP) is 3.92. The quantitative estimate of drug-likeness (QED) is 0.623. The van der Waals surface area contributed by atoms with Gasteiger partial charge in [0.15, 0.2) is 0 Å². The zero-order chi connectivity index (χ0) is 21.3. The summed E-state index contributed by atoms with van der Waals surface area (Å²) in [5.74, 6) is -0.221. The number of hydrogen-bond donors (Lipinski definition) is 1. The van der Waals surface area contributed by atoms with Crippen molar-refractivity contribution in [1.82, 2.24) is 10.2 Å². The van der Waals surface area contributed by atoms with E-state index >= 15 is 0 Å². The molecule has 2 amide bonds. The number of likely N-dealkylation sites (N-methyl/N-ethyl adjacent to an activating group) is 1. The SMILES string of the molecule is CNC(=O)[C@@H](Cc1ccccc1)N(Cc1ccccc1)C(=O)Cc1cccc(C)c1. The summed E-state index contributed by atoms with van der Waals surface area (Å²) >= 11 is 0. The average molecular weight is 401 g/mol. The number of amides is 2. The largest absolute Gasteiger partial charge is 0.357 e. The highest BCUT2D eigenvalue weighted by Crippen LogP contribution is 2.17. The molecule has 154 valence electrons. The van der Waals surface area contributed by atoms with E-state index in [1.165, 1.54) is 0 Å². The van der Waals surface area contributed by atoms with Gasteiger partial charge in [-0.15, -0.1) is 0 Å². The van der Waals surface area contributed by atoms with E-state index in [9.17, 15) is 9.59 Å². The van der Waals surface area contributed by atoms with Gasteiger partial charge < -0.3 is 10.2 Å². The molecular formula is C26H28N2O2. The summed E-state index contributed by atoms with van der Waals surface area (Å²) in [4.78, 5) is 28.0. The van der Waals surface area contributed by atoms with Crippen LogP contribution in [0.3, 0.4) is 0 Å². The van der Waals surface area contributed by atoms with Crippen LogP contribution < -0.4 is 5.32 Å². The van der Waals surface area contributed by atoms with Gasteiger partial charge in [-0.1, -0.05) is 90.5 Å². The molecule has 3 aromatic rings. The number of rotatable bonds is 8. The Morgan fingerprint density at radius 3 is 2.03 bits per heavy atom. The van der Waals surface area contributed by atoms with Crippen LogP contribution in [0.15, 0.2) is 84.9 Å². The molecule has 0 aliphatic heterocycles. The molecule has 0 radical (unpaired) electrons. The van der Waals surface area contributed by atoms with Gasteiger partial charge in [-0.3, -0.25) is 9.59 Å². The van der Waals surface area contributed by atoms with E-state index in [2.05, 4.69) is 5.32 Å². The molecule has 4 heteroatoms. The van der Waals surface area contributed by atoms with Crippen molar-refractivity contribution in [3.05, 3.63) is 107 Å². The Balaban J connectivity index is 1.92. The standard InChI is InChI=1S/C26H28N2O2/c1-20-10-9-15-23(16-20)18-25(29)28(19-22-13-7-4-8-14-22)24(26(30)27-2)17-21-11-5-3-6-12-21/h3-16,24H,17-19H2,1-2H3,(H,27,30)/t24-/m1/s1. The molecule has 30 heavy (non-hydrogen) atoms. The first-order chi connectivity index (χ1) is 14.6. The molecule has 3 aromatic carbocycles. The highest BCUT2D eigenvalue weighted by molar-refractivity contribution is 5.88. The van der Waals surface area contributed by atoms with E-state index in [-0.39, 0.29) is 18.2 Å². The Hall–Kier alpha value is -3.40. The molecule has 0 aliphatic rings. The Morgan fingerprint density at radius 2 is 1.43 bits per heavy atom. The molecule has 3 rings (SSSR count). The van der Waals surface area contributed by atoms with Crippen LogP contribution in [0.25, 0.3) is 0 Å². The molecule has 0 aliphatic carbocycles. The van der Waals surface area contributed by atoms with Crippen molar-refractivity contribution in [1.29, 1.82) is 0 Å². The maximum Gasteiger partial charge on any atom is 0.242 e. The summed E-state index contributed by atoms with van der Waals surface area (Å²) in [6.45, 7) is 2.40. The lowest BCUT2D eigenvalue weighted by molar-refractivity contribution is -0.140. The molecule has 0 unspecified atom stereocenters. The fraction of sp³-hybridized carbons (Fsp3) is 0.231. The summed E-state index contributed by atoms with van der Waals surface area (Å²) in [7, 11) is 1.62. The van der Waals surface area contributed by atoms with Crippen molar-refractivity contribution >= 4 is 11.8 Å². The minimum Gasteiger partial charge on any atom is -0.357 e. The molecule has 0 aromatic heterocycles. The topological polar surface area (TPSA) is 49.4 Å². The van der Waals surface area contributed by atoms with Gasteiger partial charge in [0.2, 0.25) is 11.8 Å². The third-order valence-corrected chi connectivity index (χ3v) is 5.15. The third-order valence-electron chi connectivity index (χ3n) is 5.15. The first-order valence-corrected chi connectivity index (χ1v) is 10.2. The number of nitrogens with zero attached hydrogens (tertiary/aromatic N) is 1. The van der Waals surface area contributed by atoms with Crippen molar-refractivity contribution in [2.24, 2.45) is 0 Å². The molecular weight excluding hydrogens is 372 g/mol. The van der Waals surface area contributed by atoms with Gasteiger partial charge in [-0.2, -0.15) is 0 Å². The van der Waals surface area contributed by atoms with Crippen LogP contribution in [0.1, 0.15) is 22.3 Å². The number of hydrogen-bond acceptors (Lipinski definition) is 2. The monoisotopic (exact) mass is 400 g/mol. The Labute approximate surface area is 178 Å². The van der Waals surface area contributed by atoms with Crippen molar-refractivity contribution in [2.75, 3.05) is 7.05 Å². The molecule has 0 saturated carbocycles. The first-order valence-electron chi connectivity index (χ1n) is 10.2. The second-order valence-electron chi connectivity index (χ2n) is 7.49. The maximum absolute atomic E-state index is 13.4. The molecule has 1 N–H and O–H groups in total. The second-order valence-corrected chi connectivity index (χ2v) is 7.49. The lowest BCUT2D eigenvalue weighted by Gasteiger charge is -2.31. The van der Waals surface area contributed by atoms with Crippen LogP contribution >= 0.6 is 0 Å². The van der Waals surface area contributed by atoms with Gasteiger partial charge in [0, 0.05) is 20.0 Å². The van der Waals surface area contributed by atoms with Gasteiger partial charge in [0.25, 0.3) is 0 Å². The summed E-state index contributed by atoms with van der Waals surface area (Å²) in [6, 6.07) is 27.0. The number of benzene rings is 3. The summed E-state index contributed by atoms with van der Waals surface area (Å²) in [5, 5.41) is 2.75. The summed E-state index contributed by atoms with van der Waals surface area (Å²) in [6.07, 6.45) is 0.726. The van der Waals surface area contributed by atoms with E-state index in [1.807, 2.05) is 91.9 Å². The van der Waals surface area contributed by atoms with Crippen molar-refractivity contribution in [3.8, 4) is 0 Å². The lowest BCUT2D eigenvalue weighted by atomic mass is 10.0. The zero-order valence-corrected chi connectivity index (χ0v) is 17.5. The smallest absolute Gasteiger partial charge is 0.242 e. The van der Waals surface area contributed by atoms with Gasteiger partial charge in [0.05, 0.1) is 6.42 Å². The van der Waals surface area contributed by atoms with E-state index in [0.29, 0.717) is 13.0 Å². The summed E-state index contributed by atoms with van der Waals surface area (Å²) < 4.78 is 0. The molecule has 0 fully saturated rings. The van der Waals surface area contributed by atoms with Crippen molar-refractivity contribution in [3.63, 3.8) is 0 Å². The maximum atomic E-state index is 13.4. The molecule has 4 nitrogen and oxygen atoms in total. The van der Waals surface area contributed by atoms with Crippen LogP contribution in [-0.4, -0.2) is 29.8 Å². The second kappa shape index (κ2) is 10.4. The van der Waals surface area contributed by atoms with E-state index < -0.39 is 6.04 Å². The van der Waals surface area contributed by atoms with Crippen LogP contribution in [0, 0.1) is 6.92 Å². The van der Waals surface area contributed by atoms with Gasteiger partial charge in [-0.25, -0.2) is 0 Å². The van der Waals surface area contributed by atoms with Gasteiger partial charge >= 0.3 is 0 Å². The molecule has 0 heterocycles. The highest BCUT2D eigenvalue weighted by Gasteiger charge is 2.29. The molecule has 0 bridgehead atoms. The Morgan fingerprint density at radius 1 is 0.833 bits per heavy atom. The third kappa shape index (κ3) is 5.80. The van der Waals surface area contributed by atoms with E-state index in [4.69, 9.17) is 0 Å². The van der Waals surface area contributed by atoms with Crippen LogP contribution in [0.4, 0.5) is 0 Å².